The van der Waals surface area contributed by atoms with E-state index in [-0.39, 0.29) is 23.7 Å². The van der Waals surface area contributed by atoms with Crippen LogP contribution in [0.5, 0.6) is 0 Å². The van der Waals surface area contributed by atoms with Gasteiger partial charge in [-0.15, -0.1) is 0 Å². The predicted octanol–water partition coefficient (Wildman–Crippen LogP) is -1.25. The van der Waals surface area contributed by atoms with E-state index in [9.17, 15) is 10.1 Å². The zero-order valence-electron chi connectivity index (χ0n) is 9.15. The highest BCUT2D eigenvalue weighted by Gasteiger charge is 2.22. The van der Waals surface area contributed by atoms with Crippen LogP contribution in [0.1, 0.15) is 5.56 Å². The van der Waals surface area contributed by atoms with Crippen LogP contribution in [-0.2, 0) is 0 Å². The number of halogens is 1. The molecule has 5 nitrogen and oxygen atoms in total. The molecule has 0 saturated carbocycles. The maximum Gasteiger partial charge on any atom is 0.341 e. The van der Waals surface area contributed by atoms with Gasteiger partial charge in [0.1, 0.15) is 0 Å². The number of nitrogens with zero attached hydrogens (tertiary/aromatic N) is 3. The molecule has 0 fully saturated rings. The number of benzene rings is 1. The maximum atomic E-state index is 10.9. The van der Waals surface area contributed by atoms with E-state index in [2.05, 4.69) is 0 Å². The van der Waals surface area contributed by atoms with Crippen molar-refractivity contribution in [3.05, 3.63) is 64.5 Å². The van der Waals surface area contributed by atoms with E-state index in [0.29, 0.717) is 5.69 Å². The summed E-state index contributed by atoms with van der Waals surface area (Å²) in [6, 6.07) is 11.7. The number of pyridine rings is 1. The molecule has 90 valence electrons. The summed E-state index contributed by atoms with van der Waals surface area (Å²) in [6.07, 6.45) is 3.43. The molecule has 1 aromatic carbocycles. The Kier molecular flexibility index (Phi) is 4.35. The van der Waals surface area contributed by atoms with Crippen LogP contribution in [-0.4, -0.2) is 4.92 Å². The third-order valence-electron chi connectivity index (χ3n) is 2.29. The molecule has 6 heteroatoms. The van der Waals surface area contributed by atoms with Crippen molar-refractivity contribution in [2.24, 2.45) is 0 Å². The summed E-state index contributed by atoms with van der Waals surface area (Å²) in [5, 5.41) is 19.7. The first-order valence-corrected chi connectivity index (χ1v) is 4.87. The average Bonchev–Trinajstić information content (AvgIpc) is 2.39. The van der Waals surface area contributed by atoms with E-state index in [4.69, 9.17) is 5.26 Å². The van der Waals surface area contributed by atoms with Gasteiger partial charge < -0.3 is 12.4 Å². The lowest BCUT2D eigenvalue weighted by Gasteiger charge is -1.97. The first kappa shape index (κ1) is 13.6. The van der Waals surface area contributed by atoms with E-state index < -0.39 is 4.92 Å². The van der Waals surface area contributed by atoms with E-state index in [1.54, 1.807) is 41.2 Å². The molecule has 1 heterocycles. The van der Waals surface area contributed by atoms with Gasteiger partial charge in [-0.05, 0) is 6.07 Å². The maximum absolute atomic E-state index is 10.9. The lowest BCUT2D eigenvalue weighted by Crippen LogP contribution is -3.00. The fourth-order valence-corrected chi connectivity index (χ4v) is 1.52. The zero-order valence-corrected chi connectivity index (χ0v) is 9.91. The van der Waals surface area contributed by atoms with E-state index in [0.717, 1.165) is 0 Å². The SMILES string of the molecule is N#Cc1ccc(-[n+]2ccccc2)c([N+](=O)[O-])c1.[Cl-]. The van der Waals surface area contributed by atoms with Crippen LogP contribution in [0, 0.1) is 21.4 Å². The highest BCUT2D eigenvalue weighted by Crippen LogP contribution is 2.19. The Morgan fingerprint density at radius 3 is 2.44 bits per heavy atom. The van der Waals surface area contributed by atoms with E-state index in [1.807, 2.05) is 12.1 Å². The molecule has 18 heavy (non-hydrogen) atoms. The molecule has 2 aromatic rings. The largest absolute Gasteiger partial charge is 1.00 e. The molecule has 1 aromatic heterocycles. The molecule has 0 atom stereocenters. The van der Waals surface area contributed by atoms with Gasteiger partial charge in [0.2, 0.25) is 0 Å². The van der Waals surface area contributed by atoms with Crippen LogP contribution in [0.4, 0.5) is 5.69 Å². The molecule has 0 bridgehead atoms. The number of rotatable bonds is 2. The van der Waals surface area contributed by atoms with Gasteiger partial charge in [-0.3, -0.25) is 10.1 Å². The van der Waals surface area contributed by atoms with Gasteiger partial charge in [0.05, 0.1) is 16.6 Å². The standard InChI is InChI=1S/C12H8N3O2.ClH/c13-9-10-4-5-11(12(8-10)15(16)17)14-6-2-1-3-7-14;/h1-8H;1H/q+1;/p-1. The summed E-state index contributed by atoms with van der Waals surface area (Å²) in [7, 11) is 0. The molecular weight excluding hydrogens is 254 g/mol. The smallest absolute Gasteiger partial charge is 0.341 e. The van der Waals surface area contributed by atoms with Crippen LogP contribution in [0.2, 0.25) is 0 Å². The van der Waals surface area contributed by atoms with Crippen molar-refractivity contribution >= 4 is 5.69 Å². The number of nitriles is 1. The summed E-state index contributed by atoms with van der Waals surface area (Å²) in [4.78, 5) is 10.5. The Hall–Kier alpha value is -2.45. The topological polar surface area (TPSA) is 70.8 Å². The molecule has 0 saturated heterocycles. The van der Waals surface area contributed by atoms with Crippen molar-refractivity contribution in [1.29, 1.82) is 5.26 Å². The van der Waals surface area contributed by atoms with Crippen molar-refractivity contribution in [2.75, 3.05) is 0 Å². The average molecular weight is 262 g/mol. The minimum Gasteiger partial charge on any atom is -1.00 e. The summed E-state index contributed by atoms with van der Waals surface area (Å²) in [6.45, 7) is 0. The van der Waals surface area contributed by atoms with Crippen molar-refractivity contribution in [2.45, 2.75) is 0 Å². The van der Waals surface area contributed by atoms with E-state index in [1.165, 1.54) is 6.07 Å². The third-order valence-corrected chi connectivity index (χ3v) is 2.29. The Morgan fingerprint density at radius 2 is 1.89 bits per heavy atom. The lowest BCUT2D eigenvalue weighted by atomic mass is 10.2. The second kappa shape index (κ2) is 5.75. The van der Waals surface area contributed by atoms with Gasteiger partial charge in [-0.2, -0.15) is 9.83 Å². The second-order valence-corrected chi connectivity index (χ2v) is 3.36. The number of aromatic nitrogens is 1. The first-order chi connectivity index (χ1) is 8.22. The molecule has 0 unspecified atom stereocenters. The third kappa shape index (κ3) is 2.62. The minimum absolute atomic E-state index is 0. The molecule has 2 rings (SSSR count). The molecule has 0 radical (unpaired) electrons. The van der Waals surface area contributed by atoms with Crippen molar-refractivity contribution in [3.8, 4) is 11.8 Å². The van der Waals surface area contributed by atoms with Gasteiger partial charge in [0.15, 0.2) is 12.4 Å². The Labute approximate surface area is 109 Å². The van der Waals surface area contributed by atoms with Crippen LogP contribution in [0.25, 0.3) is 5.69 Å². The van der Waals surface area contributed by atoms with Crippen LogP contribution >= 0.6 is 0 Å². The molecular formula is C12H8ClN3O2. The molecule has 0 aliphatic rings. The van der Waals surface area contributed by atoms with Gasteiger partial charge >= 0.3 is 5.69 Å². The zero-order chi connectivity index (χ0) is 12.3. The van der Waals surface area contributed by atoms with Crippen LogP contribution in [0.15, 0.2) is 48.8 Å². The fraction of sp³-hybridized carbons (Fsp3) is 0. The number of nitro benzene ring substituents is 1. The van der Waals surface area contributed by atoms with E-state index >= 15 is 0 Å². The summed E-state index contributed by atoms with van der Waals surface area (Å²) in [5.74, 6) is 0. The van der Waals surface area contributed by atoms with Gasteiger partial charge in [-0.1, -0.05) is 6.07 Å². The quantitative estimate of drug-likeness (QED) is 0.385. The molecule has 0 spiro atoms. The predicted molar refractivity (Wildman–Crippen MR) is 59.3 cm³/mol. The fourth-order valence-electron chi connectivity index (χ4n) is 1.52. The van der Waals surface area contributed by atoms with Crippen molar-refractivity contribution < 1.29 is 21.9 Å². The first-order valence-electron chi connectivity index (χ1n) is 4.87. The molecule has 0 N–H and O–H groups in total. The Morgan fingerprint density at radius 1 is 1.22 bits per heavy atom. The Bertz CT molecular complexity index is 608. The molecule has 0 aliphatic carbocycles. The second-order valence-electron chi connectivity index (χ2n) is 3.36. The minimum atomic E-state index is -0.490. The highest BCUT2D eigenvalue weighted by atomic mass is 35.5. The number of hydrogen-bond donors (Lipinski definition) is 0. The number of hydrogen-bond acceptors (Lipinski definition) is 3. The van der Waals surface area contributed by atoms with Crippen LogP contribution < -0.4 is 17.0 Å². The lowest BCUT2D eigenvalue weighted by molar-refractivity contribution is -0.600. The summed E-state index contributed by atoms with van der Waals surface area (Å²) in [5.41, 5.74) is 0.631. The normalized spacial score (nSPS) is 9.06. The summed E-state index contributed by atoms with van der Waals surface area (Å²) >= 11 is 0. The highest BCUT2D eigenvalue weighted by molar-refractivity contribution is 5.51. The molecule has 0 aliphatic heterocycles. The van der Waals surface area contributed by atoms with Crippen LogP contribution in [0.3, 0.4) is 0 Å². The van der Waals surface area contributed by atoms with Gasteiger partial charge in [0.25, 0.3) is 5.69 Å². The van der Waals surface area contributed by atoms with Gasteiger partial charge in [-0.25, -0.2) is 0 Å². The Balaban J connectivity index is 0.00000162. The van der Waals surface area contributed by atoms with Crippen molar-refractivity contribution in [1.82, 2.24) is 0 Å². The monoisotopic (exact) mass is 261 g/mol. The summed E-state index contributed by atoms with van der Waals surface area (Å²) < 4.78 is 1.64. The molecule has 0 amide bonds. The van der Waals surface area contributed by atoms with Crippen molar-refractivity contribution in [3.63, 3.8) is 0 Å². The number of nitro groups is 1. The van der Waals surface area contributed by atoms with Gasteiger partial charge in [0, 0.05) is 24.3 Å².